The van der Waals surface area contributed by atoms with Crippen LogP contribution in [0.4, 0.5) is 4.39 Å². The van der Waals surface area contributed by atoms with Crippen molar-refractivity contribution >= 4 is 5.91 Å². The zero-order valence-corrected chi connectivity index (χ0v) is 14.0. The van der Waals surface area contributed by atoms with Crippen LogP contribution in [0.2, 0.25) is 0 Å². The molecule has 1 amide bonds. The molecular weight excluding hydrogens is 291 g/mol. The number of halogens is 1. The van der Waals surface area contributed by atoms with Crippen LogP contribution in [0, 0.1) is 11.7 Å². The van der Waals surface area contributed by atoms with Crippen LogP contribution >= 0.6 is 0 Å². The van der Waals surface area contributed by atoms with Crippen molar-refractivity contribution in [2.45, 2.75) is 51.4 Å². The number of hydrogen-bond acceptors (Lipinski definition) is 2. The Bertz CT molecular complexity index is 484. The third-order valence-corrected chi connectivity index (χ3v) is 4.73. The molecule has 0 atom stereocenters. The van der Waals surface area contributed by atoms with E-state index in [1.165, 1.54) is 6.07 Å². The van der Waals surface area contributed by atoms with Crippen LogP contribution in [0.25, 0.3) is 0 Å². The number of carbonyl (C=O) groups excluding carboxylic acids is 1. The summed E-state index contributed by atoms with van der Waals surface area (Å²) < 4.78 is 13.2. The van der Waals surface area contributed by atoms with E-state index in [9.17, 15) is 9.18 Å². The summed E-state index contributed by atoms with van der Waals surface area (Å²) >= 11 is 0. The van der Waals surface area contributed by atoms with Crippen molar-refractivity contribution < 1.29 is 9.18 Å². The molecule has 2 rings (SSSR count). The lowest BCUT2D eigenvalue weighted by Crippen LogP contribution is -2.38. The normalized spacial score (nSPS) is 15.8. The fourth-order valence-corrected chi connectivity index (χ4v) is 3.32. The molecule has 1 aromatic rings. The molecule has 0 aromatic heterocycles. The minimum atomic E-state index is -0.162. The number of amides is 1. The van der Waals surface area contributed by atoms with Gasteiger partial charge in [-0.1, -0.05) is 25.0 Å². The third kappa shape index (κ3) is 6.30. The monoisotopic (exact) mass is 320 g/mol. The van der Waals surface area contributed by atoms with Gasteiger partial charge in [0.15, 0.2) is 0 Å². The topological polar surface area (TPSA) is 46.3 Å². The Kier molecular flexibility index (Phi) is 7.53. The molecule has 3 nitrogen and oxygen atoms in total. The molecule has 0 spiro atoms. The number of piperidine rings is 1. The van der Waals surface area contributed by atoms with E-state index in [1.54, 1.807) is 12.1 Å². The van der Waals surface area contributed by atoms with E-state index in [-0.39, 0.29) is 5.82 Å². The first-order chi connectivity index (χ1) is 11.2. The van der Waals surface area contributed by atoms with Gasteiger partial charge in [-0.25, -0.2) is 4.39 Å². The number of unbranched alkanes of at least 4 members (excludes halogenated alkanes) is 3. The van der Waals surface area contributed by atoms with Gasteiger partial charge in [-0.2, -0.15) is 0 Å². The molecule has 2 N–H and O–H groups in total. The van der Waals surface area contributed by atoms with Crippen molar-refractivity contribution in [3.05, 3.63) is 35.6 Å². The van der Waals surface area contributed by atoms with Gasteiger partial charge in [-0.3, -0.25) is 4.79 Å². The molecule has 0 aliphatic carbocycles. The number of likely N-dealkylation sites (tertiary alicyclic amines) is 1. The Morgan fingerprint density at radius 3 is 2.61 bits per heavy atom. The Morgan fingerprint density at radius 1 is 1.17 bits per heavy atom. The van der Waals surface area contributed by atoms with Crippen molar-refractivity contribution in [3.8, 4) is 0 Å². The maximum atomic E-state index is 13.2. The Balaban J connectivity index is 1.66. The molecule has 1 heterocycles. The van der Waals surface area contributed by atoms with Gasteiger partial charge in [-0.05, 0) is 62.3 Å². The van der Waals surface area contributed by atoms with E-state index in [0.29, 0.717) is 18.2 Å². The number of nitrogens with two attached hydrogens (primary N) is 1. The van der Waals surface area contributed by atoms with Gasteiger partial charge in [-0.15, -0.1) is 0 Å². The lowest BCUT2D eigenvalue weighted by atomic mass is 9.90. The molecule has 1 aliphatic rings. The van der Waals surface area contributed by atoms with Gasteiger partial charge in [0, 0.05) is 19.5 Å². The summed E-state index contributed by atoms with van der Waals surface area (Å²) in [6.07, 6.45) is 7.88. The van der Waals surface area contributed by atoms with Gasteiger partial charge in [0.25, 0.3) is 0 Å². The highest BCUT2D eigenvalue weighted by Crippen LogP contribution is 2.22. The Hall–Kier alpha value is -1.42. The van der Waals surface area contributed by atoms with Crippen LogP contribution in [0.1, 0.15) is 50.5 Å². The largest absolute Gasteiger partial charge is 0.343 e. The lowest BCUT2D eigenvalue weighted by molar-refractivity contribution is -0.132. The summed E-state index contributed by atoms with van der Waals surface area (Å²) in [6, 6.07) is 6.87. The maximum Gasteiger partial charge on any atom is 0.222 e. The van der Waals surface area contributed by atoms with Crippen molar-refractivity contribution in [1.29, 1.82) is 0 Å². The third-order valence-electron chi connectivity index (χ3n) is 4.73. The van der Waals surface area contributed by atoms with Crippen molar-refractivity contribution in [3.63, 3.8) is 0 Å². The number of nitrogens with zero attached hydrogens (tertiary/aromatic N) is 1. The predicted octanol–water partition coefficient (Wildman–Crippen LogP) is 3.52. The predicted molar refractivity (Wildman–Crippen MR) is 91.5 cm³/mol. The number of rotatable bonds is 8. The zero-order valence-electron chi connectivity index (χ0n) is 14.0. The Labute approximate surface area is 139 Å². The van der Waals surface area contributed by atoms with Crippen LogP contribution in [-0.2, 0) is 11.2 Å². The second kappa shape index (κ2) is 9.66. The van der Waals surface area contributed by atoms with Gasteiger partial charge in [0.1, 0.15) is 5.82 Å². The molecular formula is C19H29FN2O. The molecule has 0 saturated carbocycles. The summed E-state index contributed by atoms with van der Waals surface area (Å²) in [5.41, 5.74) is 6.53. The SMILES string of the molecule is NCCCCCCC(=O)N1CCC(Cc2cccc(F)c2)CC1. The zero-order chi connectivity index (χ0) is 16.5. The van der Waals surface area contributed by atoms with E-state index in [1.807, 2.05) is 11.0 Å². The van der Waals surface area contributed by atoms with E-state index in [0.717, 1.165) is 70.1 Å². The Morgan fingerprint density at radius 2 is 1.91 bits per heavy atom. The van der Waals surface area contributed by atoms with E-state index < -0.39 is 0 Å². The average Bonchev–Trinajstić information content (AvgIpc) is 2.55. The second-order valence-electron chi connectivity index (χ2n) is 6.61. The number of hydrogen-bond donors (Lipinski definition) is 1. The van der Waals surface area contributed by atoms with Crippen molar-refractivity contribution in [2.75, 3.05) is 19.6 Å². The summed E-state index contributed by atoms with van der Waals surface area (Å²) in [7, 11) is 0. The van der Waals surface area contributed by atoms with E-state index in [2.05, 4.69) is 0 Å². The molecule has 1 aliphatic heterocycles. The van der Waals surface area contributed by atoms with Crippen LogP contribution in [0.15, 0.2) is 24.3 Å². The highest BCUT2D eigenvalue weighted by atomic mass is 19.1. The van der Waals surface area contributed by atoms with Crippen LogP contribution in [0.3, 0.4) is 0 Å². The smallest absolute Gasteiger partial charge is 0.222 e. The molecule has 0 bridgehead atoms. The summed E-state index contributed by atoms with van der Waals surface area (Å²) in [5.74, 6) is 0.692. The summed E-state index contributed by atoms with van der Waals surface area (Å²) in [5, 5.41) is 0. The molecule has 4 heteroatoms. The second-order valence-corrected chi connectivity index (χ2v) is 6.61. The van der Waals surface area contributed by atoms with Crippen molar-refractivity contribution in [1.82, 2.24) is 4.90 Å². The highest BCUT2D eigenvalue weighted by Gasteiger charge is 2.22. The fourth-order valence-electron chi connectivity index (χ4n) is 3.32. The first kappa shape index (κ1) is 17.9. The van der Waals surface area contributed by atoms with Gasteiger partial charge >= 0.3 is 0 Å². The maximum absolute atomic E-state index is 13.2. The molecule has 0 radical (unpaired) electrons. The van der Waals surface area contributed by atoms with Crippen molar-refractivity contribution in [2.24, 2.45) is 11.7 Å². The molecule has 1 saturated heterocycles. The first-order valence-corrected chi connectivity index (χ1v) is 8.91. The molecule has 128 valence electrons. The first-order valence-electron chi connectivity index (χ1n) is 8.91. The summed E-state index contributed by atoms with van der Waals surface area (Å²) in [4.78, 5) is 14.2. The summed E-state index contributed by atoms with van der Waals surface area (Å²) in [6.45, 7) is 2.44. The highest BCUT2D eigenvalue weighted by molar-refractivity contribution is 5.76. The lowest BCUT2D eigenvalue weighted by Gasteiger charge is -2.32. The molecule has 1 aromatic carbocycles. The minimum absolute atomic E-state index is 0.162. The number of carbonyl (C=O) groups is 1. The molecule has 0 unspecified atom stereocenters. The van der Waals surface area contributed by atoms with Gasteiger partial charge in [0.05, 0.1) is 0 Å². The van der Waals surface area contributed by atoms with Crippen LogP contribution in [-0.4, -0.2) is 30.4 Å². The van der Waals surface area contributed by atoms with Crippen LogP contribution in [0.5, 0.6) is 0 Å². The average molecular weight is 320 g/mol. The fraction of sp³-hybridized carbons (Fsp3) is 0.632. The quantitative estimate of drug-likeness (QED) is 0.745. The standard InChI is InChI=1S/C19H29FN2O/c20-18-7-5-6-17(15-18)14-16-9-12-22(13-10-16)19(23)8-3-1-2-4-11-21/h5-7,15-16H,1-4,8-14,21H2. The molecule has 23 heavy (non-hydrogen) atoms. The minimum Gasteiger partial charge on any atom is -0.343 e. The van der Waals surface area contributed by atoms with Crippen LogP contribution < -0.4 is 5.73 Å². The number of benzene rings is 1. The van der Waals surface area contributed by atoms with E-state index in [4.69, 9.17) is 5.73 Å². The van der Waals surface area contributed by atoms with Gasteiger partial charge in [0.2, 0.25) is 5.91 Å². The van der Waals surface area contributed by atoms with E-state index >= 15 is 0 Å². The molecule has 1 fully saturated rings. The van der Waals surface area contributed by atoms with Gasteiger partial charge < -0.3 is 10.6 Å².